The molecule has 0 fully saturated rings. The van der Waals surface area contributed by atoms with Crippen molar-refractivity contribution in [2.24, 2.45) is 4.99 Å². The first-order valence-electron chi connectivity index (χ1n) is 9.10. The van der Waals surface area contributed by atoms with E-state index in [1.807, 2.05) is 42.7 Å². The highest BCUT2D eigenvalue weighted by molar-refractivity contribution is 8.00. The molecule has 7 nitrogen and oxygen atoms in total. The van der Waals surface area contributed by atoms with Crippen LogP contribution in [0, 0.1) is 17.0 Å². The molecule has 0 aliphatic carbocycles. The number of nitro groups is 1. The molecule has 3 rings (SSSR count). The number of hydrogen-bond acceptors (Lipinski definition) is 6. The van der Waals surface area contributed by atoms with Crippen molar-refractivity contribution >= 4 is 44.9 Å². The molecule has 0 N–H and O–H groups in total. The maximum absolute atomic E-state index is 12.5. The predicted octanol–water partition coefficient (Wildman–Crippen LogP) is 4.18. The molecule has 0 aliphatic heterocycles. The van der Waals surface area contributed by atoms with Crippen LogP contribution in [0.15, 0.2) is 52.4 Å². The van der Waals surface area contributed by atoms with Crippen molar-refractivity contribution in [2.75, 3.05) is 19.0 Å². The summed E-state index contributed by atoms with van der Waals surface area (Å²) >= 11 is 2.78. The van der Waals surface area contributed by atoms with E-state index in [-0.39, 0.29) is 17.3 Å². The molecule has 0 unspecified atom stereocenters. The molecule has 2 aromatic carbocycles. The van der Waals surface area contributed by atoms with E-state index in [0.717, 1.165) is 9.60 Å². The van der Waals surface area contributed by atoms with Crippen molar-refractivity contribution in [1.82, 2.24) is 4.57 Å². The molecule has 0 radical (unpaired) electrons. The summed E-state index contributed by atoms with van der Waals surface area (Å²) in [6.45, 7) is 5.39. The number of aromatic nitrogens is 1. The van der Waals surface area contributed by atoms with Gasteiger partial charge in [-0.05, 0) is 32.0 Å². The van der Waals surface area contributed by atoms with E-state index >= 15 is 0 Å². The van der Waals surface area contributed by atoms with Crippen LogP contribution < -0.4 is 4.80 Å². The third-order valence-electron chi connectivity index (χ3n) is 4.14. The van der Waals surface area contributed by atoms with Gasteiger partial charge in [0.15, 0.2) is 4.80 Å². The molecular formula is C20H21N3O4S2. The molecule has 9 heteroatoms. The standard InChI is InChI=1S/C20H21N3O4S2/c1-3-27-11-10-22-17-12-15(23(25)26)6-9-18(17)29-20(22)21-19(24)13-28-16-7-4-14(2)5-8-16/h4-9,12H,3,10-11,13H2,1-2H3. The fourth-order valence-electron chi connectivity index (χ4n) is 2.69. The average molecular weight is 432 g/mol. The highest BCUT2D eigenvalue weighted by atomic mass is 32.2. The van der Waals surface area contributed by atoms with E-state index in [9.17, 15) is 14.9 Å². The summed E-state index contributed by atoms with van der Waals surface area (Å²) in [5.74, 6) is -0.0232. The Morgan fingerprint density at radius 1 is 1.28 bits per heavy atom. The van der Waals surface area contributed by atoms with Crippen LogP contribution in [0.3, 0.4) is 0 Å². The number of amides is 1. The van der Waals surface area contributed by atoms with E-state index in [4.69, 9.17) is 4.74 Å². The lowest BCUT2D eigenvalue weighted by atomic mass is 10.2. The van der Waals surface area contributed by atoms with E-state index in [2.05, 4.69) is 4.99 Å². The van der Waals surface area contributed by atoms with Gasteiger partial charge in [0.1, 0.15) is 0 Å². The van der Waals surface area contributed by atoms with Gasteiger partial charge in [-0.2, -0.15) is 4.99 Å². The van der Waals surface area contributed by atoms with Gasteiger partial charge in [-0.3, -0.25) is 14.9 Å². The highest BCUT2D eigenvalue weighted by Crippen LogP contribution is 2.23. The molecule has 152 valence electrons. The Bertz CT molecular complexity index is 1090. The van der Waals surface area contributed by atoms with Gasteiger partial charge < -0.3 is 9.30 Å². The van der Waals surface area contributed by atoms with Gasteiger partial charge in [0.05, 0.1) is 27.5 Å². The van der Waals surface area contributed by atoms with Crippen LogP contribution in [0.25, 0.3) is 10.2 Å². The van der Waals surface area contributed by atoms with Gasteiger partial charge in [-0.1, -0.05) is 29.0 Å². The van der Waals surface area contributed by atoms with Gasteiger partial charge in [0.25, 0.3) is 11.6 Å². The fourth-order valence-corrected chi connectivity index (χ4v) is 4.43. The molecule has 0 saturated carbocycles. The Morgan fingerprint density at radius 2 is 2.03 bits per heavy atom. The van der Waals surface area contributed by atoms with Crippen LogP contribution in [0.2, 0.25) is 0 Å². The zero-order valence-corrected chi connectivity index (χ0v) is 17.8. The van der Waals surface area contributed by atoms with Gasteiger partial charge in [-0.25, -0.2) is 0 Å². The van der Waals surface area contributed by atoms with Crippen molar-refractivity contribution in [3.8, 4) is 0 Å². The number of rotatable bonds is 8. The largest absolute Gasteiger partial charge is 0.380 e. The number of ether oxygens (including phenoxy) is 1. The molecule has 0 saturated heterocycles. The van der Waals surface area contributed by atoms with Crippen LogP contribution in [-0.2, 0) is 16.1 Å². The molecule has 0 atom stereocenters. The third kappa shape index (κ3) is 5.53. The first kappa shape index (κ1) is 21.2. The highest BCUT2D eigenvalue weighted by Gasteiger charge is 2.13. The number of benzene rings is 2. The fraction of sp³-hybridized carbons (Fsp3) is 0.300. The zero-order chi connectivity index (χ0) is 20.8. The number of non-ortho nitro benzene ring substituents is 1. The Morgan fingerprint density at radius 3 is 2.72 bits per heavy atom. The summed E-state index contributed by atoms with van der Waals surface area (Å²) in [4.78, 5) is 29.0. The number of fused-ring (bicyclic) bond motifs is 1. The van der Waals surface area contributed by atoms with Crippen molar-refractivity contribution in [2.45, 2.75) is 25.3 Å². The SMILES string of the molecule is CCOCCn1c(=NC(=O)CSc2ccc(C)cc2)sc2ccc([N+](=O)[O-])cc21. The monoisotopic (exact) mass is 431 g/mol. The lowest BCUT2D eigenvalue weighted by Gasteiger charge is -2.05. The maximum Gasteiger partial charge on any atom is 0.271 e. The molecule has 1 amide bonds. The van der Waals surface area contributed by atoms with Crippen molar-refractivity contribution in [3.05, 3.63) is 62.9 Å². The van der Waals surface area contributed by atoms with Crippen LogP contribution in [0.4, 0.5) is 5.69 Å². The lowest BCUT2D eigenvalue weighted by Crippen LogP contribution is -2.20. The minimum Gasteiger partial charge on any atom is -0.380 e. The summed E-state index contributed by atoms with van der Waals surface area (Å²) in [6.07, 6.45) is 0. The Balaban J connectivity index is 1.88. The summed E-state index contributed by atoms with van der Waals surface area (Å²) in [5.41, 5.74) is 1.86. The minimum absolute atomic E-state index is 0.00765. The molecular weight excluding hydrogens is 410 g/mol. The topological polar surface area (TPSA) is 86.7 Å². The summed E-state index contributed by atoms with van der Waals surface area (Å²) < 4.78 is 8.08. The van der Waals surface area contributed by atoms with E-state index in [0.29, 0.717) is 30.1 Å². The predicted molar refractivity (Wildman–Crippen MR) is 115 cm³/mol. The van der Waals surface area contributed by atoms with Crippen LogP contribution >= 0.6 is 23.1 Å². The number of thiazole rings is 1. The number of thioether (sulfide) groups is 1. The van der Waals surface area contributed by atoms with Crippen LogP contribution in [0.1, 0.15) is 12.5 Å². The number of carbonyl (C=O) groups is 1. The average Bonchev–Trinajstić information content (AvgIpc) is 3.04. The molecule has 3 aromatic rings. The van der Waals surface area contributed by atoms with Gasteiger partial charge >= 0.3 is 0 Å². The summed E-state index contributed by atoms with van der Waals surface area (Å²) in [7, 11) is 0. The Kier molecular flexibility index (Phi) is 7.18. The third-order valence-corrected chi connectivity index (χ3v) is 6.20. The normalized spacial score (nSPS) is 11.9. The molecule has 1 aromatic heterocycles. The Labute approximate surface area is 176 Å². The summed E-state index contributed by atoms with van der Waals surface area (Å²) in [6, 6.07) is 12.6. The number of hydrogen-bond donors (Lipinski definition) is 0. The number of nitro benzene ring substituents is 1. The van der Waals surface area contributed by atoms with E-state index in [1.54, 1.807) is 6.07 Å². The smallest absolute Gasteiger partial charge is 0.271 e. The first-order valence-corrected chi connectivity index (χ1v) is 10.9. The molecule has 0 bridgehead atoms. The molecule has 0 aliphatic rings. The quantitative estimate of drug-likeness (QED) is 0.231. The van der Waals surface area contributed by atoms with Gasteiger partial charge in [0.2, 0.25) is 0 Å². The second-order valence-electron chi connectivity index (χ2n) is 6.25. The molecule has 29 heavy (non-hydrogen) atoms. The number of nitrogens with zero attached hydrogens (tertiary/aromatic N) is 3. The number of aryl methyl sites for hydroxylation is 1. The lowest BCUT2D eigenvalue weighted by molar-refractivity contribution is -0.384. The van der Waals surface area contributed by atoms with E-state index in [1.165, 1.54) is 40.8 Å². The molecule has 0 spiro atoms. The van der Waals surface area contributed by atoms with Crippen LogP contribution in [0.5, 0.6) is 0 Å². The van der Waals surface area contributed by atoms with Crippen molar-refractivity contribution < 1.29 is 14.5 Å². The summed E-state index contributed by atoms with van der Waals surface area (Å²) in [5, 5.41) is 11.1. The maximum atomic E-state index is 12.5. The van der Waals surface area contributed by atoms with Crippen molar-refractivity contribution in [1.29, 1.82) is 0 Å². The first-order chi connectivity index (χ1) is 14.0. The molecule has 1 heterocycles. The van der Waals surface area contributed by atoms with Crippen molar-refractivity contribution in [3.63, 3.8) is 0 Å². The van der Waals surface area contributed by atoms with Gasteiger partial charge in [-0.15, -0.1) is 11.8 Å². The van der Waals surface area contributed by atoms with E-state index < -0.39 is 4.92 Å². The second-order valence-corrected chi connectivity index (χ2v) is 8.31. The second kappa shape index (κ2) is 9.82. The minimum atomic E-state index is -0.426. The van der Waals surface area contributed by atoms with Gasteiger partial charge in [0, 0.05) is 30.2 Å². The Hall–Kier alpha value is -2.49. The zero-order valence-electron chi connectivity index (χ0n) is 16.2. The number of carbonyl (C=O) groups excluding carboxylic acids is 1. The van der Waals surface area contributed by atoms with Crippen LogP contribution in [-0.4, -0.2) is 34.4 Å².